The van der Waals surface area contributed by atoms with E-state index in [1.165, 1.54) is 182 Å². The van der Waals surface area contributed by atoms with E-state index in [0.717, 1.165) is 133 Å². The van der Waals surface area contributed by atoms with Crippen molar-refractivity contribution in [2.75, 3.05) is 65.7 Å². The molecule has 24 atom stereocenters. The first-order chi connectivity index (χ1) is 62.1. The van der Waals surface area contributed by atoms with E-state index in [4.69, 9.17) is 67.3 Å². The Hall–Kier alpha value is -6.16. The second-order valence-electron chi connectivity index (χ2n) is 45.3. The summed E-state index contributed by atoms with van der Waals surface area (Å²) in [7, 11) is 1.63. The van der Waals surface area contributed by atoms with Crippen molar-refractivity contribution >= 4 is 5.82 Å². The molecule has 129 heavy (non-hydrogen) atoms. The SMILES string of the molecule is C=C1CCC2[C@]3(C)CO[C@@H](C4CCCC4)O[C@@H]3CC[C@@]2(C)[C@@H]1CCOc1cc[nH]c(=O)c1.C=C1CCC2[C@]3(C)CO[C@@H](C4CCCC4)O[C@@H]3CC[C@@]2(C)[C@@H]1CCOc1ccnc(C)c1.C=C1CCC2[C@]3(C)CO[C@@H](C4CCCC4)O[C@@H]3CC[C@@]2(C)[C@@H]1CCOc1ccnc(N)c1.C=C1CCC2[C@]3(C)CO[C@@H](C4CCCC4)O[C@@H]3CC[C@@]2(C)[C@@H]1CCOc1ccnc(OC)c1. The van der Waals surface area contributed by atoms with Gasteiger partial charge in [0, 0.05) is 100 Å². The number of nitrogen functional groups attached to an aromatic ring is 1. The van der Waals surface area contributed by atoms with Gasteiger partial charge in [-0.15, -0.1) is 0 Å². The Morgan fingerprint density at radius 2 is 0.674 bits per heavy atom. The van der Waals surface area contributed by atoms with Crippen LogP contribution in [0.15, 0.2) is 127 Å². The van der Waals surface area contributed by atoms with Crippen LogP contribution in [0, 0.1) is 121 Å². The van der Waals surface area contributed by atoms with Gasteiger partial charge in [-0.1, -0.05) is 155 Å². The molecule has 19 nitrogen and oxygen atoms in total. The van der Waals surface area contributed by atoms with Crippen LogP contribution in [0.25, 0.3) is 0 Å². The fourth-order valence-electron chi connectivity index (χ4n) is 30.9. The Morgan fingerprint density at radius 1 is 0.380 bits per heavy atom. The number of nitrogens with one attached hydrogen (secondary N) is 1. The molecule has 4 aliphatic heterocycles. The van der Waals surface area contributed by atoms with Crippen LogP contribution in [-0.4, -0.2) is 129 Å². The predicted molar refractivity (Wildman–Crippen MR) is 505 cm³/mol. The minimum absolute atomic E-state index is 0.0108. The zero-order valence-electron chi connectivity index (χ0n) is 80.6. The lowest BCUT2D eigenvalue weighted by molar-refractivity contribution is -0.316. The molecule has 8 heterocycles. The quantitative estimate of drug-likeness (QED) is 0.0741. The van der Waals surface area contributed by atoms with Gasteiger partial charge in [-0.3, -0.25) is 9.78 Å². The van der Waals surface area contributed by atoms with E-state index < -0.39 is 0 Å². The van der Waals surface area contributed by atoms with Crippen LogP contribution in [-0.2, 0) is 37.9 Å². The summed E-state index contributed by atoms with van der Waals surface area (Å²) >= 11 is 0. The number of rotatable bonds is 21. The van der Waals surface area contributed by atoms with E-state index in [-0.39, 0.29) is 74.0 Å². The van der Waals surface area contributed by atoms with Crippen LogP contribution >= 0.6 is 0 Å². The minimum atomic E-state index is -0.129. The van der Waals surface area contributed by atoms with Gasteiger partial charge >= 0.3 is 0 Å². The molecule has 20 rings (SSSR count). The molecule has 4 aromatic heterocycles. The third kappa shape index (κ3) is 19.5. The largest absolute Gasteiger partial charge is 0.493 e. The molecule has 4 aromatic rings. The lowest BCUT2D eigenvalue weighted by Gasteiger charge is -2.63. The van der Waals surface area contributed by atoms with Crippen molar-refractivity contribution in [3.8, 4) is 28.9 Å². The van der Waals surface area contributed by atoms with Crippen LogP contribution < -0.4 is 35.0 Å². The maximum absolute atomic E-state index is 11.5. The standard InChI is InChI=1S/C28H41NO4.C28H41NO3.C27H40N2O3.C27H39NO4/c1-19-9-10-23-27(2,22(19)13-16-31-21-12-15-29-25(17-21)30-4)14-11-24-28(23,3)18-32-26(33-24)20-7-5-6-8-20;1-19-9-10-24-27(3,23(19)13-16-30-22-12-15-29-20(2)17-22)14-11-25-28(24,4)18-31-26(32-25)21-7-5-6-8-21;1-18-8-9-22-26(2,21(18)12-15-30-20-11-14-29-24(28)16-20)13-10-23-27(22,3)17-31-25(32-23)19-6-4-5-7-19;1-18-8-9-22-26(2,21(18)12-15-30-20-11-14-28-24(29)16-20)13-10-23-27(22,3)17-31-25(32-23)19-6-4-5-7-19/h12,15,17,20,22-24,26H,1,5-11,13-14,16,18H2,2-4H3;12,15,17,21,23-26H,1,5-11,13-14,16,18H2,2-4H3;11,14,16,19,21-23,25H,1,4-10,12-13,15,17H2,2-3H3,(H2,28,29);11,14,16,19,21-23,25H,1,4-10,12-13,15,17H2,2-3H3,(H,28,29)/t22-,23?,24-,26-,27+,28+;23-,24?,25-,26-,27+,28+;2*21-,22?,23-,25-,26+,27+/m1111/s1. The summed E-state index contributed by atoms with van der Waals surface area (Å²) < 4.78 is 82.1. The monoisotopic (exact) mass is 1780 g/mol. The fraction of sp³-hybridized carbons (Fsp3) is 0.745. The number of hydrogen-bond donors (Lipinski definition) is 2. The summed E-state index contributed by atoms with van der Waals surface area (Å²) in [5, 5.41) is 0. The van der Waals surface area contributed by atoms with Crippen molar-refractivity contribution in [3.05, 3.63) is 138 Å². The van der Waals surface area contributed by atoms with Crippen molar-refractivity contribution in [1.82, 2.24) is 19.9 Å². The topological polar surface area (TPSA) is 218 Å². The number of H-pyrrole nitrogens is 1. The summed E-state index contributed by atoms with van der Waals surface area (Å²) in [4.78, 5) is 26.7. The normalized spacial score (nSPS) is 39.8. The Labute approximate surface area is 772 Å². The van der Waals surface area contributed by atoms with Gasteiger partial charge in [0.1, 0.15) is 28.8 Å². The fourth-order valence-corrected chi connectivity index (χ4v) is 30.9. The highest BCUT2D eigenvalue weighted by atomic mass is 16.7. The lowest BCUT2D eigenvalue weighted by Crippen LogP contribution is -2.62. The summed E-state index contributed by atoms with van der Waals surface area (Å²) in [6, 6.07) is 14.7. The Balaban J connectivity index is 0.000000121. The van der Waals surface area contributed by atoms with Gasteiger partial charge in [-0.05, 0) is 280 Å². The molecule has 0 amide bonds. The molecule has 0 aromatic carbocycles. The van der Waals surface area contributed by atoms with Gasteiger partial charge in [0.15, 0.2) is 25.2 Å². The number of nitrogens with two attached hydrogens (primary N) is 1. The zero-order chi connectivity index (χ0) is 90.1. The number of methoxy groups -OCH3 is 1. The molecular weight excluding hydrogens is 1620 g/mol. The summed E-state index contributed by atoms with van der Waals surface area (Å²) in [6.07, 6.45) is 51.4. The smallest absolute Gasteiger partial charge is 0.251 e. The molecule has 710 valence electrons. The van der Waals surface area contributed by atoms with Gasteiger partial charge < -0.3 is 72.3 Å². The highest BCUT2D eigenvalue weighted by molar-refractivity contribution is 5.36. The average molecular weight is 1780 g/mol. The molecule has 16 aliphatic rings. The molecule has 0 spiro atoms. The van der Waals surface area contributed by atoms with Gasteiger partial charge in [0.25, 0.3) is 5.56 Å². The number of hydrogen-bond acceptors (Lipinski definition) is 18. The Kier molecular flexibility index (Phi) is 29.3. The Morgan fingerprint density at radius 3 is 0.977 bits per heavy atom. The van der Waals surface area contributed by atoms with Crippen LogP contribution in [0.1, 0.15) is 292 Å². The van der Waals surface area contributed by atoms with Crippen molar-refractivity contribution in [1.29, 1.82) is 0 Å². The number of pyridine rings is 4. The number of nitrogens with zero attached hydrogens (tertiary/aromatic N) is 3. The van der Waals surface area contributed by atoms with E-state index in [1.54, 1.807) is 31.8 Å². The van der Waals surface area contributed by atoms with Crippen molar-refractivity contribution in [2.24, 2.45) is 114 Å². The number of allylic oxidation sites excluding steroid dienone is 4. The van der Waals surface area contributed by atoms with E-state index in [0.29, 0.717) is 133 Å². The second-order valence-corrected chi connectivity index (χ2v) is 45.3. The Bertz CT molecular complexity index is 4400. The first-order valence-corrected chi connectivity index (χ1v) is 51.3. The molecule has 3 N–H and O–H groups in total. The lowest BCUT2D eigenvalue weighted by atomic mass is 9.46. The highest BCUT2D eigenvalue weighted by Gasteiger charge is 2.66. The number of ether oxygens (including phenoxy) is 13. The van der Waals surface area contributed by atoms with Gasteiger partial charge in [-0.2, -0.15) is 0 Å². The minimum Gasteiger partial charge on any atom is -0.493 e. The third-order valence-corrected chi connectivity index (χ3v) is 37.8. The summed E-state index contributed by atoms with van der Waals surface area (Å²) in [5.74, 6) is 10.8. The van der Waals surface area contributed by atoms with Gasteiger partial charge in [0.05, 0.1) is 84.4 Å². The number of aryl methyl sites for hydroxylation is 1. The highest BCUT2D eigenvalue weighted by Crippen LogP contribution is 2.69. The molecule has 4 unspecified atom stereocenters. The predicted octanol–water partition coefficient (Wildman–Crippen LogP) is 23.9. The van der Waals surface area contributed by atoms with Gasteiger partial charge in [-0.25, -0.2) is 9.97 Å². The van der Waals surface area contributed by atoms with Crippen LogP contribution in [0.3, 0.4) is 0 Å². The van der Waals surface area contributed by atoms with E-state index in [1.807, 2.05) is 49.5 Å². The third-order valence-electron chi connectivity index (χ3n) is 37.8. The molecule has 0 radical (unpaired) electrons. The molecule has 19 heteroatoms. The second kappa shape index (κ2) is 40.0. The van der Waals surface area contributed by atoms with Crippen LogP contribution in [0.5, 0.6) is 28.9 Å². The number of aromatic amines is 1. The van der Waals surface area contributed by atoms with Gasteiger partial charge in [0.2, 0.25) is 5.88 Å². The van der Waals surface area contributed by atoms with Crippen molar-refractivity contribution < 1.29 is 61.6 Å². The van der Waals surface area contributed by atoms with Crippen LogP contribution in [0.4, 0.5) is 5.82 Å². The maximum atomic E-state index is 11.5. The molecule has 0 bridgehead atoms. The number of fused-ring (bicyclic) bond motifs is 12. The van der Waals surface area contributed by atoms with E-state index in [9.17, 15) is 4.79 Å². The van der Waals surface area contributed by atoms with Crippen molar-refractivity contribution in [3.63, 3.8) is 0 Å². The average Bonchev–Trinajstić information content (AvgIpc) is 1.25. The van der Waals surface area contributed by atoms with E-state index in [2.05, 4.69) is 102 Å². The number of anilines is 1. The zero-order valence-corrected chi connectivity index (χ0v) is 80.6. The maximum Gasteiger partial charge on any atom is 0.251 e. The summed E-state index contributed by atoms with van der Waals surface area (Å²) in [5.41, 5.74) is 13.4. The molecule has 16 fully saturated rings. The van der Waals surface area contributed by atoms with Crippen molar-refractivity contribution in [2.45, 2.75) is 343 Å². The van der Waals surface area contributed by atoms with Crippen LogP contribution in [0.2, 0.25) is 0 Å². The molecule has 4 saturated heterocycles. The number of aromatic nitrogens is 4. The first kappa shape index (κ1) is 94.6. The molecule has 12 saturated carbocycles. The first-order valence-electron chi connectivity index (χ1n) is 51.3. The molecule has 12 aliphatic carbocycles. The summed E-state index contributed by atoms with van der Waals surface area (Å²) in [6.45, 7) is 45.9. The van der Waals surface area contributed by atoms with E-state index >= 15 is 0 Å². The molecular formula is C110H161N5O14.